The van der Waals surface area contributed by atoms with Crippen molar-refractivity contribution in [2.45, 2.75) is 18.9 Å². The molecule has 11 heavy (non-hydrogen) atoms. The molecule has 0 fully saturated rings. The molecule has 0 spiro atoms. The first-order valence-electron chi connectivity index (χ1n) is 3.49. The number of halogens is 1. The molecule has 0 aliphatic rings. The summed E-state index contributed by atoms with van der Waals surface area (Å²) in [7, 11) is 0. The van der Waals surface area contributed by atoms with E-state index in [4.69, 9.17) is 0 Å². The molecule has 0 saturated heterocycles. The van der Waals surface area contributed by atoms with Crippen LogP contribution in [0.2, 0.25) is 0 Å². The first-order valence-corrected chi connectivity index (χ1v) is 5.55. The van der Waals surface area contributed by atoms with Gasteiger partial charge in [-0.2, -0.15) is 0 Å². The Labute approximate surface area is 85.1 Å². The van der Waals surface area contributed by atoms with E-state index in [0.717, 1.165) is 10.8 Å². The van der Waals surface area contributed by atoms with Crippen molar-refractivity contribution in [1.29, 1.82) is 0 Å². The molecule has 1 heterocycles. The fourth-order valence-electron chi connectivity index (χ4n) is 0.740. The zero-order valence-electron chi connectivity index (χ0n) is 6.60. The number of thioether (sulfide) groups is 1. The van der Waals surface area contributed by atoms with E-state index in [-0.39, 0.29) is 0 Å². The van der Waals surface area contributed by atoms with Crippen LogP contribution in [0.3, 0.4) is 0 Å². The molecule has 1 rings (SSSR count). The largest absolute Gasteiger partial charge is 0.249 e. The summed E-state index contributed by atoms with van der Waals surface area (Å²) in [6.07, 6.45) is 1.92. The summed E-state index contributed by atoms with van der Waals surface area (Å²) >= 11 is 4.08. The minimum Gasteiger partial charge on any atom is -0.249 e. The molecule has 1 nitrogen and oxygen atoms in total. The van der Waals surface area contributed by atoms with Crippen molar-refractivity contribution >= 4 is 34.4 Å². The summed E-state index contributed by atoms with van der Waals surface area (Å²) < 4.78 is 1.24. The molecule has 0 bridgehead atoms. The van der Waals surface area contributed by atoms with Gasteiger partial charge in [0.1, 0.15) is 0 Å². The van der Waals surface area contributed by atoms with Crippen LogP contribution in [0.25, 0.3) is 0 Å². The Morgan fingerprint density at radius 3 is 2.91 bits per heavy atom. The third-order valence-corrected chi connectivity index (χ3v) is 3.25. The van der Waals surface area contributed by atoms with Gasteiger partial charge in [0.25, 0.3) is 0 Å². The van der Waals surface area contributed by atoms with Gasteiger partial charge in [-0.3, -0.25) is 0 Å². The molecule has 1 aromatic rings. The van der Waals surface area contributed by atoms with Gasteiger partial charge in [0.15, 0.2) is 0 Å². The lowest BCUT2D eigenvalue weighted by molar-refractivity contribution is 1.10. The highest BCUT2D eigenvalue weighted by Gasteiger charge is 1.97. The maximum atomic E-state index is 4.28. The van der Waals surface area contributed by atoms with Crippen LogP contribution in [0.1, 0.15) is 12.5 Å². The minimum absolute atomic E-state index is 1.09. The average molecular weight is 279 g/mol. The zero-order valence-corrected chi connectivity index (χ0v) is 9.57. The van der Waals surface area contributed by atoms with Crippen LogP contribution in [0.15, 0.2) is 17.3 Å². The number of pyridine rings is 1. The second-order valence-corrected chi connectivity index (χ2v) is 4.65. The predicted octanol–water partition coefficient (Wildman–Crippen LogP) is 3.11. The highest BCUT2D eigenvalue weighted by molar-refractivity contribution is 14.1. The Bertz CT molecular complexity index is 250. The molecule has 0 N–H and O–H groups in total. The summed E-state index contributed by atoms with van der Waals surface area (Å²) in [5.74, 6) is 1.09. The van der Waals surface area contributed by atoms with Crippen molar-refractivity contribution < 1.29 is 0 Å². The van der Waals surface area contributed by atoms with Crippen molar-refractivity contribution in [1.82, 2.24) is 4.98 Å². The van der Waals surface area contributed by atoms with Crippen LogP contribution in [-0.2, 0) is 0 Å². The van der Waals surface area contributed by atoms with E-state index in [1.54, 1.807) is 11.8 Å². The fourth-order valence-corrected chi connectivity index (χ4v) is 1.72. The molecule has 0 unspecified atom stereocenters. The second kappa shape index (κ2) is 4.30. The summed E-state index contributed by atoms with van der Waals surface area (Å²) in [5, 5.41) is 1.13. The zero-order chi connectivity index (χ0) is 8.27. The van der Waals surface area contributed by atoms with Gasteiger partial charge in [0, 0.05) is 9.77 Å². The van der Waals surface area contributed by atoms with E-state index in [2.05, 4.69) is 47.5 Å². The summed E-state index contributed by atoms with van der Waals surface area (Å²) in [5.41, 5.74) is 1.32. The Morgan fingerprint density at radius 1 is 1.64 bits per heavy atom. The standard InChI is InChI=1S/C8H10INS/c1-3-11-8-4-6(2)7(9)5-10-8/h4-5H,3H2,1-2H3. The van der Waals surface area contributed by atoms with Gasteiger partial charge < -0.3 is 0 Å². The van der Waals surface area contributed by atoms with Crippen LogP contribution in [0.5, 0.6) is 0 Å². The van der Waals surface area contributed by atoms with Crippen molar-refractivity contribution in [3.63, 3.8) is 0 Å². The molecule has 0 aliphatic carbocycles. The first kappa shape index (κ1) is 9.32. The third-order valence-electron chi connectivity index (χ3n) is 1.31. The van der Waals surface area contributed by atoms with Gasteiger partial charge in [-0.1, -0.05) is 6.92 Å². The Balaban J connectivity index is 2.86. The molecule has 0 radical (unpaired) electrons. The van der Waals surface area contributed by atoms with Gasteiger partial charge >= 0.3 is 0 Å². The molecule has 1 aromatic heterocycles. The smallest absolute Gasteiger partial charge is 0.0963 e. The lowest BCUT2D eigenvalue weighted by Gasteiger charge is -2.00. The van der Waals surface area contributed by atoms with E-state index in [1.165, 1.54) is 9.13 Å². The molecule has 60 valence electrons. The molecule has 0 atom stereocenters. The van der Waals surface area contributed by atoms with E-state index in [0.29, 0.717) is 0 Å². The Kier molecular flexibility index (Phi) is 3.65. The van der Waals surface area contributed by atoms with Gasteiger partial charge in [-0.25, -0.2) is 4.98 Å². The van der Waals surface area contributed by atoms with Crippen LogP contribution < -0.4 is 0 Å². The monoisotopic (exact) mass is 279 g/mol. The lowest BCUT2D eigenvalue weighted by Crippen LogP contribution is -1.85. The number of nitrogens with zero attached hydrogens (tertiary/aromatic N) is 1. The van der Waals surface area contributed by atoms with Crippen molar-refractivity contribution in [3.8, 4) is 0 Å². The fraction of sp³-hybridized carbons (Fsp3) is 0.375. The molecular weight excluding hydrogens is 269 g/mol. The quantitative estimate of drug-likeness (QED) is 0.609. The molecule has 0 aromatic carbocycles. The van der Waals surface area contributed by atoms with Crippen LogP contribution in [0.4, 0.5) is 0 Å². The number of hydrogen-bond donors (Lipinski definition) is 0. The first-order chi connectivity index (χ1) is 5.24. The van der Waals surface area contributed by atoms with E-state index in [9.17, 15) is 0 Å². The number of rotatable bonds is 2. The van der Waals surface area contributed by atoms with Crippen molar-refractivity contribution in [2.24, 2.45) is 0 Å². The summed E-state index contributed by atoms with van der Waals surface area (Å²) in [6.45, 7) is 4.25. The van der Waals surface area contributed by atoms with Gasteiger partial charge in [-0.05, 0) is 46.9 Å². The summed E-state index contributed by atoms with van der Waals surface area (Å²) in [4.78, 5) is 4.28. The highest BCUT2D eigenvalue weighted by atomic mass is 127. The Morgan fingerprint density at radius 2 is 2.36 bits per heavy atom. The second-order valence-electron chi connectivity index (χ2n) is 2.20. The maximum absolute atomic E-state index is 4.28. The normalized spacial score (nSPS) is 10.1. The predicted molar refractivity (Wildman–Crippen MR) is 58.1 cm³/mol. The molecule has 0 aliphatic heterocycles. The average Bonchev–Trinajstić information content (AvgIpc) is 1.98. The molecule has 3 heteroatoms. The maximum Gasteiger partial charge on any atom is 0.0963 e. The van der Waals surface area contributed by atoms with E-state index < -0.39 is 0 Å². The molecule has 0 saturated carbocycles. The minimum atomic E-state index is 1.09. The highest BCUT2D eigenvalue weighted by Crippen LogP contribution is 2.18. The van der Waals surface area contributed by atoms with Gasteiger partial charge in [0.2, 0.25) is 0 Å². The van der Waals surface area contributed by atoms with Crippen LogP contribution in [-0.4, -0.2) is 10.7 Å². The van der Waals surface area contributed by atoms with E-state index >= 15 is 0 Å². The van der Waals surface area contributed by atoms with Crippen LogP contribution in [0, 0.1) is 10.5 Å². The SMILES string of the molecule is CCSc1cc(C)c(I)cn1. The number of aromatic nitrogens is 1. The number of hydrogen-bond acceptors (Lipinski definition) is 2. The molecule has 0 amide bonds. The van der Waals surface area contributed by atoms with Crippen molar-refractivity contribution in [2.75, 3.05) is 5.75 Å². The third kappa shape index (κ3) is 2.63. The molecular formula is C8H10INS. The summed E-state index contributed by atoms with van der Waals surface area (Å²) in [6, 6.07) is 2.13. The van der Waals surface area contributed by atoms with Gasteiger partial charge in [-0.15, -0.1) is 11.8 Å². The van der Waals surface area contributed by atoms with Crippen LogP contribution >= 0.6 is 34.4 Å². The number of aryl methyl sites for hydroxylation is 1. The van der Waals surface area contributed by atoms with Crippen molar-refractivity contribution in [3.05, 3.63) is 21.4 Å². The van der Waals surface area contributed by atoms with E-state index in [1.807, 2.05) is 6.20 Å². The Hall–Kier alpha value is 0.230. The van der Waals surface area contributed by atoms with Gasteiger partial charge in [0.05, 0.1) is 5.03 Å². The topological polar surface area (TPSA) is 12.9 Å². The lowest BCUT2D eigenvalue weighted by atomic mass is 10.3.